The Morgan fingerprint density at radius 3 is 2.59 bits per heavy atom. The van der Waals surface area contributed by atoms with Crippen molar-refractivity contribution in [2.75, 3.05) is 7.05 Å². The van der Waals surface area contributed by atoms with Crippen molar-refractivity contribution < 1.29 is 0 Å². The maximum Gasteiger partial charge on any atom is 0.0659 e. The predicted octanol–water partition coefficient (Wildman–Crippen LogP) is 5.45. The molecule has 0 spiro atoms. The molecule has 22 heavy (non-hydrogen) atoms. The summed E-state index contributed by atoms with van der Waals surface area (Å²) in [6, 6.07) is 6.80. The maximum atomic E-state index is 4.80. The summed E-state index contributed by atoms with van der Waals surface area (Å²) in [6.07, 6.45) is 7.47. The summed E-state index contributed by atoms with van der Waals surface area (Å²) in [5, 5.41) is 3.30. The van der Waals surface area contributed by atoms with Crippen LogP contribution < -0.4 is 5.32 Å². The molecule has 1 aromatic rings. The lowest BCUT2D eigenvalue weighted by Crippen LogP contribution is -2.31. The molecule has 0 aliphatic carbocycles. The molecule has 0 fully saturated rings. The van der Waals surface area contributed by atoms with E-state index < -0.39 is 0 Å². The fourth-order valence-corrected chi connectivity index (χ4v) is 2.56. The number of allylic oxidation sites excluding steroid dienone is 3. The van der Waals surface area contributed by atoms with Gasteiger partial charge in [-0.15, -0.1) is 0 Å². The van der Waals surface area contributed by atoms with Gasteiger partial charge in [-0.2, -0.15) is 0 Å². The van der Waals surface area contributed by atoms with E-state index in [1.807, 2.05) is 13.1 Å². The number of hydrogen-bond acceptors (Lipinski definition) is 2. The van der Waals surface area contributed by atoms with Crippen molar-refractivity contribution in [3.05, 3.63) is 48.1 Å². The van der Waals surface area contributed by atoms with Gasteiger partial charge in [0.15, 0.2) is 0 Å². The smallest absolute Gasteiger partial charge is 0.0659 e. The largest absolute Gasteiger partial charge is 0.312 e. The van der Waals surface area contributed by atoms with Crippen LogP contribution in [0.15, 0.2) is 41.9 Å². The topological polar surface area (TPSA) is 24.4 Å². The molecule has 0 radical (unpaired) electrons. The van der Waals surface area contributed by atoms with Crippen molar-refractivity contribution in [2.45, 2.75) is 53.0 Å². The molecule has 0 aliphatic heterocycles. The van der Waals surface area contributed by atoms with E-state index in [1.165, 1.54) is 16.7 Å². The maximum absolute atomic E-state index is 4.80. The summed E-state index contributed by atoms with van der Waals surface area (Å²) < 4.78 is 0. The van der Waals surface area contributed by atoms with Gasteiger partial charge in [0.25, 0.3) is 0 Å². The van der Waals surface area contributed by atoms with Crippen molar-refractivity contribution in [1.82, 2.24) is 5.32 Å². The highest BCUT2D eigenvalue weighted by Gasteiger charge is 2.08. The average Bonchev–Trinajstić information content (AvgIpc) is 2.51. The highest BCUT2D eigenvalue weighted by Crippen LogP contribution is 2.25. The standard InChI is InChI=1S/C20H30N2/c1-7-10-11-17(8-2)18-12-13-20(15(4)14-18)22-16(5)19(9-3)21-6/h8,11-14,19,21H,2,7,9-10H2,1,3-6H3/b17-11+,22-16?. The molecule has 2 nitrogen and oxygen atoms in total. The molecule has 2 heteroatoms. The van der Waals surface area contributed by atoms with E-state index in [0.29, 0.717) is 6.04 Å². The molecule has 0 saturated heterocycles. The molecular weight excluding hydrogens is 268 g/mol. The Bertz CT molecular complexity index is 549. The van der Waals surface area contributed by atoms with Crippen LogP contribution in [0, 0.1) is 6.92 Å². The molecule has 0 heterocycles. The van der Waals surface area contributed by atoms with Crippen LogP contribution in [0.3, 0.4) is 0 Å². The lowest BCUT2D eigenvalue weighted by atomic mass is 10.0. The van der Waals surface area contributed by atoms with Crippen LogP contribution in [0.2, 0.25) is 0 Å². The zero-order valence-electron chi connectivity index (χ0n) is 14.7. The number of nitrogens with zero attached hydrogens (tertiary/aromatic N) is 1. The summed E-state index contributed by atoms with van der Waals surface area (Å²) in [6.45, 7) is 12.5. The third-order valence-corrected chi connectivity index (χ3v) is 3.96. The lowest BCUT2D eigenvalue weighted by molar-refractivity contribution is 0.676. The molecular formula is C20H30N2. The van der Waals surface area contributed by atoms with Gasteiger partial charge in [-0.25, -0.2) is 0 Å². The number of aliphatic imine (C=N–C) groups is 1. The number of rotatable bonds is 8. The van der Waals surface area contributed by atoms with Crippen molar-refractivity contribution in [3.63, 3.8) is 0 Å². The Kier molecular flexibility index (Phi) is 7.83. The number of nitrogens with one attached hydrogen (secondary N) is 1. The minimum absolute atomic E-state index is 0.340. The van der Waals surface area contributed by atoms with E-state index in [1.54, 1.807) is 0 Å². The second-order valence-corrected chi connectivity index (χ2v) is 5.66. The summed E-state index contributed by atoms with van der Waals surface area (Å²) in [7, 11) is 1.98. The van der Waals surface area contributed by atoms with E-state index in [0.717, 1.165) is 30.7 Å². The SMILES string of the molecule is C=C/C(=C\CCC)c1ccc(N=C(C)C(CC)NC)c(C)c1. The Morgan fingerprint density at radius 1 is 1.36 bits per heavy atom. The fraction of sp³-hybridized carbons (Fsp3) is 0.450. The number of hydrogen-bond donors (Lipinski definition) is 1. The molecule has 0 aliphatic rings. The van der Waals surface area contributed by atoms with Crippen LogP contribution in [0.1, 0.15) is 51.2 Å². The van der Waals surface area contributed by atoms with E-state index in [4.69, 9.17) is 4.99 Å². The van der Waals surface area contributed by atoms with Gasteiger partial charge < -0.3 is 5.32 Å². The molecule has 1 atom stereocenters. The second kappa shape index (κ2) is 9.37. The van der Waals surface area contributed by atoms with Crippen LogP contribution in [0.4, 0.5) is 5.69 Å². The average molecular weight is 298 g/mol. The number of aryl methyl sites for hydroxylation is 1. The Hall–Kier alpha value is -1.67. The third kappa shape index (κ3) is 4.96. The van der Waals surface area contributed by atoms with Crippen molar-refractivity contribution in [3.8, 4) is 0 Å². The third-order valence-electron chi connectivity index (χ3n) is 3.96. The highest BCUT2D eigenvalue weighted by atomic mass is 14.9. The minimum Gasteiger partial charge on any atom is -0.312 e. The zero-order chi connectivity index (χ0) is 16.5. The molecule has 1 rings (SSSR count). The predicted molar refractivity (Wildman–Crippen MR) is 100 cm³/mol. The van der Waals surface area contributed by atoms with Crippen molar-refractivity contribution >= 4 is 17.0 Å². The van der Waals surface area contributed by atoms with Gasteiger partial charge in [0.1, 0.15) is 0 Å². The van der Waals surface area contributed by atoms with Gasteiger partial charge in [0, 0.05) is 11.8 Å². The quantitative estimate of drug-likeness (QED) is 0.500. The minimum atomic E-state index is 0.340. The van der Waals surface area contributed by atoms with E-state index in [-0.39, 0.29) is 0 Å². The molecule has 120 valence electrons. The molecule has 0 aromatic heterocycles. The number of unbranched alkanes of at least 4 members (excludes halogenated alkanes) is 1. The Balaban J connectivity index is 3.08. The number of benzene rings is 1. The Labute approximate surface area is 136 Å². The molecule has 0 amide bonds. The second-order valence-electron chi connectivity index (χ2n) is 5.66. The van der Waals surface area contributed by atoms with Gasteiger partial charge in [-0.05, 0) is 62.6 Å². The first-order chi connectivity index (χ1) is 10.6. The monoisotopic (exact) mass is 298 g/mol. The van der Waals surface area contributed by atoms with Gasteiger partial charge in [0.05, 0.1) is 5.69 Å². The first kappa shape index (κ1) is 18.4. The van der Waals surface area contributed by atoms with Crippen molar-refractivity contribution in [2.24, 2.45) is 4.99 Å². The van der Waals surface area contributed by atoms with Gasteiger partial charge in [0.2, 0.25) is 0 Å². The van der Waals surface area contributed by atoms with Crippen LogP contribution in [0.5, 0.6) is 0 Å². The molecule has 0 saturated carbocycles. The lowest BCUT2D eigenvalue weighted by Gasteiger charge is -2.14. The summed E-state index contributed by atoms with van der Waals surface area (Å²) in [5.74, 6) is 0. The molecule has 1 N–H and O–H groups in total. The van der Waals surface area contributed by atoms with Crippen LogP contribution in [0.25, 0.3) is 5.57 Å². The fourth-order valence-electron chi connectivity index (χ4n) is 2.56. The van der Waals surface area contributed by atoms with E-state index in [9.17, 15) is 0 Å². The normalized spacial score (nSPS) is 14.0. The first-order valence-electron chi connectivity index (χ1n) is 8.23. The van der Waals surface area contributed by atoms with Crippen LogP contribution in [-0.2, 0) is 0 Å². The van der Waals surface area contributed by atoms with Gasteiger partial charge in [-0.3, -0.25) is 4.99 Å². The molecule has 1 aromatic carbocycles. The highest BCUT2D eigenvalue weighted by molar-refractivity contribution is 5.90. The van der Waals surface area contributed by atoms with Crippen LogP contribution in [-0.4, -0.2) is 18.8 Å². The van der Waals surface area contributed by atoms with E-state index >= 15 is 0 Å². The van der Waals surface area contributed by atoms with Crippen molar-refractivity contribution in [1.29, 1.82) is 0 Å². The Morgan fingerprint density at radius 2 is 2.09 bits per heavy atom. The molecule has 0 bridgehead atoms. The van der Waals surface area contributed by atoms with Gasteiger partial charge in [-0.1, -0.05) is 45.1 Å². The van der Waals surface area contributed by atoms with Crippen LogP contribution >= 0.6 is 0 Å². The summed E-state index contributed by atoms with van der Waals surface area (Å²) in [4.78, 5) is 4.80. The van der Waals surface area contributed by atoms with Gasteiger partial charge >= 0.3 is 0 Å². The first-order valence-corrected chi connectivity index (χ1v) is 8.23. The summed E-state index contributed by atoms with van der Waals surface area (Å²) in [5.41, 5.74) is 5.81. The zero-order valence-corrected chi connectivity index (χ0v) is 14.7. The molecule has 1 unspecified atom stereocenters. The van der Waals surface area contributed by atoms with E-state index in [2.05, 4.69) is 63.9 Å². The summed E-state index contributed by atoms with van der Waals surface area (Å²) >= 11 is 0.